The molecular formula is C32H36FN5O3. The number of benzene rings is 3. The van der Waals surface area contributed by atoms with Crippen molar-refractivity contribution in [2.75, 3.05) is 53.4 Å². The molecule has 8 nitrogen and oxygen atoms in total. The van der Waals surface area contributed by atoms with Crippen LogP contribution < -0.4 is 10.5 Å². The Hall–Kier alpha value is -3.95. The summed E-state index contributed by atoms with van der Waals surface area (Å²) < 4.78 is 21.9. The molecule has 2 fully saturated rings. The second kappa shape index (κ2) is 11.1. The van der Waals surface area contributed by atoms with Crippen LogP contribution in [0.4, 0.5) is 4.39 Å². The summed E-state index contributed by atoms with van der Waals surface area (Å²) in [6.07, 6.45) is 3.16. The predicted molar refractivity (Wildman–Crippen MR) is 159 cm³/mol. The van der Waals surface area contributed by atoms with Crippen LogP contribution >= 0.6 is 0 Å². The number of halogens is 1. The van der Waals surface area contributed by atoms with Gasteiger partial charge in [0, 0.05) is 59.6 Å². The summed E-state index contributed by atoms with van der Waals surface area (Å²) in [5.74, 6) is -0.864. The van der Waals surface area contributed by atoms with Gasteiger partial charge in [-0.25, -0.2) is 4.39 Å². The fourth-order valence-corrected chi connectivity index (χ4v) is 6.25. The molecule has 2 aliphatic rings. The van der Waals surface area contributed by atoms with Crippen molar-refractivity contribution in [3.05, 3.63) is 65.5 Å². The number of likely N-dealkylation sites (tertiary alicyclic amines) is 1. The second-order valence-electron chi connectivity index (χ2n) is 11.3. The number of hydrogen-bond donors (Lipinski definition) is 2. The van der Waals surface area contributed by atoms with Crippen LogP contribution in [0.2, 0.25) is 0 Å². The third-order valence-electron chi connectivity index (χ3n) is 8.69. The molecule has 1 unspecified atom stereocenters. The Morgan fingerprint density at radius 1 is 1.02 bits per heavy atom. The van der Waals surface area contributed by atoms with Crippen LogP contribution in [0, 0.1) is 5.82 Å². The number of fused-ring (bicyclic) bond motifs is 3. The lowest BCUT2D eigenvalue weighted by molar-refractivity contribution is 0.0664. The lowest BCUT2D eigenvalue weighted by Gasteiger charge is -2.32. The summed E-state index contributed by atoms with van der Waals surface area (Å²) in [4.78, 5) is 35.3. The first-order valence-corrected chi connectivity index (χ1v) is 14.3. The molecule has 1 aromatic heterocycles. The van der Waals surface area contributed by atoms with Crippen LogP contribution in [0.5, 0.6) is 5.75 Å². The fraction of sp³-hybridized carbons (Fsp3) is 0.375. The number of carbonyl (C=O) groups is 2. The molecule has 214 valence electrons. The maximum Gasteiger partial charge on any atom is 0.254 e. The van der Waals surface area contributed by atoms with E-state index < -0.39 is 11.7 Å². The van der Waals surface area contributed by atoms with Crippen LogP contribution in [-0.4, -0.2) is 91.0 Å². The first-order chi connectivity index (χ1) is 19.8. The Bertz CT molecular complexity index is 1620. The molecule has 0 radical (unpaired) electrons. The van der Waals surface area contributed by atoms with Crippen molar-refractivity contribution in [3.8, 4) is 16.9 Å². The fourth-order valence-electron chi connectivity index (χ4n) is 6.25. The van der Waals surface area contributed by atoms with Crippen LogP contribution in [-0.2, 0) is 0 Å². The molecule has 4 aromatic rings. The minimum atomic E-state index is -0.587. The van der Waals surface area contributed by atoms with E-state index in [1.54, 1.807) is 42.5 Å². The molecular weight excluding hydrogens is 521 g/mol. The Morgan fingerprint density at radius 2 is 1.83 bits per heavy atom. The number of nitrogens with two attached hydrogens (primary N) is 1. The normalized spacial score (nSPS) is 18.4. The van der Waals surface area contributed by atoms with Gasteiger partial charge in [-0.2, -0.15) is 0 Å². The maximum atomic E-state index is 15.9. The average molecular weight is 558 g/mol. The molecule has 9 heteroatoms. The quantitative estimate of drug-likeness (QED) is 0.350. The van der Waals surface area contributed by atoms with Crippen molar-refractivity contribution in [1.82, 2.24) is 19.7 Å². The molecule has 0 bridgehead atoms. The number of piperazine rings is 1. The van der Waals surface area contributed by atoms with E-state index in [9.17, 15) is 9.59 Å². The number of likely N-dealkylation sites (N-methyl/N-ethyl adjacent to an activating group) is 1. The van der Waals surface area contributed by atoms with E-state index in [0.29, 0.717) is 64.4 Å². The molecule has 3 N–H and O–H groups in total. The van der Waals surface area contributed by atoms with Gasteiger partial charge >= 0.3 is 0 Å². The number of carbonyl (C=O) groups excluding carboxylic acids is 2. The summed E-state index contributed by atoms with van der Waals surface area (Å²) in [7, 11) is 4.17. The topological polar surface area (TPSA) is 94.9 Å². The Balaban J connectivity index is 1.37. The number of amides is 2. The maximum absolute atomic E-state index is 15.9. The van der Waals surface area contributed by atoms with Gasteiger partial charge in [-0.3, -0.25) is 9.59 Å². The summed E-state index contributed by atoms with van der Waals surface area (Å²) in [5, 5.41) is 1.46. The number of hydrogen-bond acceptors (Lipinski definition) is 5. The molecule has 1 atom stereocenters. The van der Waals surface area contributed by atoms with Gasteiger partial charge in [0.15, 0.2) is 11.6 Å². The monoisotopic (exact) mass is 557 g/mol. The molecule has 2 saturated heterocycles. The van der Waals surface area contributed by atoms with Gasteiger partial charge in [0.05, 0.1) is 17.7 Å². The Morgan fingerprint density at radius 3 is 2.56 bits per heavy atom. The minimum Gasteiger partial charge on any atom is -0.490 e. The number of ether oxygens (including phenoxy) is 1. The zero-order valence-corrected chi connectivity index (χ0v) is 23.6. The van der Waals surface area contributed by atoms with E-state index in [4.69, 9.17) is 10.5 Å². The third-order valence-corrected chi connectivity index (χ3v) is 8.69. The highest BCUT2D eigenvalue weighted by molar-refractivity contribution is 6.20. The van der Waals surface area contributed by atoms with Gasteiger partial charge < -0.3 is 30.2 Å². The zero-order valence-electron chi connectivity index (χ0n) is 23.6. The molecule has 3 aromatic carbocycles. The van der Waals surface area contributed by atoms with Crippen molar-refractivity contribution in [3.63, 3.8) is 0 Å². The van der Waals surface area contributed by atoms with Crippen molar-refractivity contribution < 1.29 is 18.7 Å². The van der Waals surface area contributed by atoms with Gasteiger partial charge in [-0.1, -0.05) is 24.3 Å². The van der Waals surface area contributed by atoms with Crippen molar-refractivity contribution >= 4 is 33.6 Å². The summed E-state index contributed by atoms with van der Waals surface area (Å²) in [6, 6.07) is 14.4. The van der Waals surface area contributed by atoms with Gasteiger partial charge in [0.25, 0.3) is 11.8 Å². The molecule has 2 aliphatic heterocycles. The van der Waals surface area contributed by atoms with Crippen molar-refractivity contribution in [2.45, 2.75) is 25.3 Å². The third kappa shape index (κ3) is 5.15. The van der Waals surface area contributed by atoms with Crippen molar-refractivity contribution in [2.24, 2.45) is 5.73 Å². The van der Waals surface area contributed by atoms with E-state index in [-0.39, 0.29) is 11.7 Å². The number of nitrogens with one attached hydrogen (secondary N) is 1. The Kier molecular flexibility index (Phi) is 7.40. The van der Waals surface area contributed by atoms with E-state index in [1.165, 1.54) is 6.42 Å². The average Bonchev–Trinajstić information content (AvgIpc) is 3.56. The molecule has 2 amide bonds. The van der Waals surface area contributed by atoms with Gasteiger partial charge in [-0.05, 0) is 69.7 Å². The van der Waals surface area contributed by atoms with E-state index >= 15 is 4.39 Å². The number of nitrogens with zero attached hydrogens (tertiary/aromatic N) is 3. The highest BCUT2D eigenvalue weighted by atomic mass is 19.1. The second-order valence-corrected chi connectivity index (χ2v) is 11.3. The Labute approximate surface area is 238 Å². The highest BCUT2D eigenvalue weighted by Crippen LogP contribution is 2.39. The van der Waals surface area contributed by atoms with Gasteiger partial charge in [0.2, 0.25) is 0 Å². The molecule has 3 heterocycles. The number of primary amides is 1. The zero-order chi connectivity index (χ0) is 28.7. The number of H-pyrrole nitrogens is 1. The smallest absolute Gasteiger partial charge is 0.254 e. The number of aromatic nitrogens is 1. The standard InChI is InChI=1S/C32H36FN5O3/c1-36-14-16-38(17-15-36)32(40)20-8-9-24-26(19-20)35-30-25(31(34)39)11-10-22(28(24)30)23-6-3-7-27(29(23)33)41-18-12-21-5-4-13-37(21)2/h3,6-11,19,21,35H,4-5,12-18H2,1-2H3,(H2,34,39). The van der Waals surface area contributed by atoms with E-state index in [0.717, 1.165) is 37.9 Å². The van der Waals surface area contributed by atoms with Crippen LogP contribution in [0.1, 0.15) is 40.0 Å². The van der Waals surface area contributed by atoms with Gasteiger partial charge in [0.1, 0.15) is 0 Å². The van der Waals surface area contributed by atoms with Crippen LogP contribution in [0.15, 0.2) is 48.5 Å². The molecule has 0 saturated carbocycles. The first kappa shape index (κ1) is 27.2. The SMILES string of the molecule is CN1CCN(C(=O)c2ccc3c(c2)[nH]c2c(C(N)=O)ccc(-c4cccc(OCCC5CCCN5C)c4F)c23)CC1. The molecule has 41 heavy (non-hydrogen) atoms. The summed E-state index contributed by atoms with van der Waals surface area (Å²) >= 11 is 0. The summed E-state index contributed by atoms with van der Waals surface area (Å²) in [6.45, 7) is 4.52. The highest BCUT2D eigenvalue weighted by Gasteiger charge is 2.24. The van der Waals surface area contributed by atoms with E-state index in [2.05, 4.69) is 21.8 Å². The molecule has 0 aliphatic carbocycles. The first-order valence-electron chi connectivity index (χ1n) is 14.3. The minimum absolute atomic E-state index is 0.0336. The largest absolute Gasteiger partial charge is 0.490 e. The van der Waals surface area contributed by atoms with Crippen LogP contribution in [0.3, 0.4) is 0 Å². The lowest BCUT2D eigenvalue weighted by atomic mass is 9.96. The summed E-state index contributed by atoms with van der Waals surface area (Å²) in [5.41, 5.74) is 8.79. The van der Waals surface area contributed by atoms with Crippen LogP contribution in [0.25, 0.3) is 32.9 Å². The number of aromatic amines is 1. The lowest BCUT2D eigenvalue weighted by Crippen LogP contribution is -2.47. The molecule has 6 rings (SSSR count). The number of rotatable bonds is 7. The molecule has 0 spiro atoms. The predicted octanol–water partition coefficient (Wildman–Crippen LogP) is 4.48. The van der Waals surface area contributed by atoms with Crippen molar-refractivity contribution in [1.29, 1.82) is 0 Å². The van der Waals surface area contributed by atoms with E-state index in [1.807, 2.05) is 18.0 Å². The van der Waals surface area contributed by atoms with Gasteiger partial charge in [-0.15, -0.1) is 0 Å².